The average Bonchev–Trinajstić information content (AvgIpc) is 2.41. The monoisotopic (exact) mass is 254 g/mol. The highest BCUT2D eigenvalue weighted by Crippen LogP contribution is 2.26. The Morgan fingerprint density at radius 1 is 1.11 bits per heavy atom. The minimum absolute atomic E-state index is 0.313. The summed E-state index contributed by atoms with van der Waals surface area (Å²) in [6.07, 6.45) is 1.53. The molecule has 86 valence electrons. The minimum Gasteiger partial charge on any atom is -0.354 e. The van der Waals surface area contributed by atoms with Crippen LogP contribution in [0.1, 0.15) is 11.3 Å². The first-order valence-electron chi connectivity index (χ1n) is 5.06. The lowest BCUT2D eigenvalue weighted by Crippen LogP contribution is -1.93. The Morgan fingerprint density at radius 2 is 1.94 bits per heavy atom. The smallest absolute Gasteiger partial charge is 0.142 e. The fourth-order valence-electron chi connectivity index (χ4n) is 1.42. The maximum atomic E-state index is 8.83. The van der Waals surface area contributed by atoms with E-state index in [-0.39, 0.29) is 0 Å². The van der Waals surface area contributed by atoms with Gasteiger partial charge in [0.05, 0.1) is 22.3 Å². The Labute approximate surface area is 109 Å². The molecule has 0 atom stereocenters. The van der Waals surface area contributed by atoms with E-state index in [9.17, 15) is 0 Å². The van der Waals surface area contributed by atoms with E-state index in [1.54, 1.807) is 30.3 Å². The van der Waals surface area contributed by atoms with Gasteiger partial charge in [0.15, 0.2) is 0 Å². The summed E-state index contributed by atoms with van der Waals surface area (Å²) >= 11 is 6.02. The predicted molar refractivity (Wildman–Crippen MR) is 68.4 cm³/mol. The summed E-state index contributed by atoms with van der Waals surface area (Å²) in [6, 6.07) is 12.3. The van der Waals surface area contributed by atoms with Gasteiger partial charge in [-0.1, -0.05) is 11.6 Å². The molecule has 1 aromatic carbocycles. The molecule has 0 saturated heterocycles. The van der Waals surface area contributed by atoms with Crippen LogP contribution in [0.15, 0.2) is 36.5 Å². The van der Waals surface area contributed by atoms with Gasteiger partial charge in [0.25, 0.3) is 0 Å². The molecular weight excluding hydrogens is 248 g/mol. The first-order chi connectivity index (χ1) is 8.72. The number of anilines is 2. The van der Waals surface area contributed by atoms with Crippen LogP contribution in [-0.2, 0) is 0 Å². The average molecular weight is 255 g/mol. The zero-order valence-electron chi connectivity index (χ0n) is 9.18. The van der Waals surface area contributed by atoms with Gasteiger partial charge >= 0.3 is 0 Å². The van der Waals surface area contributed by atoms with Crippen LogP contribution in [0.5, 0.6) is 0 Å². The number of nitrogens with zero attached hydrogens (tertiary/aromatic N) is 3. The molecule has 1 aromatic heterocycles. The van der Waals surface area contributed by atoms with Crippen LogP contribution in [0.2, 0.25) is 5.02 Å². The first-order valence-corrected chi connectivity index (χ1v) is 5.43. The van der Waals surface area contributed by atoms with Gasteiger partial charge in [0, 0.05) is 11.9 Å². The van der Waals surface area contributed by atoms with Crippen molar-refractivity contribution in [3.05, 3.63) is 52.8 Å². The van der Waals surface area contributed by atoms with Crippen molar-refractivity contribution in [1.29, 1.82) is 10.5 Å². The lowest BCUT2D eigenvalue weighted by Gasteiger charge is -2.08. The molecule has 0 aliphatic heterocycles. The van der Waals surface area contributed by atoms with E-state index in [1.165, 1.54) is 6.20 Å². The maximum Gasteiger partial charge on any atom is 0.142 e. The minimum atomic E-state index is 0.313. The fraction of sp³-hybridized carbons (Fsp3) is 0. The van der Waals surface area contributed by atoms with Crippen LogP contribution in [-0.4, -0.2) is 4.98 Å². The summed E-state index contributed by atoms with van der Waals surface area (Å²) < 4.78 is 0. The first kappa shape index (κ1) is 11.9. The lowest BCUT2D eigenvalue weighted by atomic mass is 10.2. The van der Waals surface area contributed by atoms with E-state index in [4.69, 9.17) is 22.1 Å². The maximum absolute atomic E-state index is 8.83. The quantitative estimate of drug-likeness (QED) is 0.893. The Hall–Kier alpha value is -2.56. The highest BCUT2D eigenvalue weighted by molar-refractivity contribution is 6.33. The topological polar surface area (TPSA) is 72.5 Å². The normalized spacial score (nSPS) is 9.28. The Balaban J connectivity index is 2.34. The standard InChI is InChI=1S/C13H7ClN4/c14-12-2-1-9(7-15)5-13(12)18-10-3-4-17-11(6-10)8-16/h1-6H,(H,17,18). The van der Waals surface area contributed by atoms with Crippen molar-refractivity contribution in [2.24, 2.45) is 0 Å². The van der Waals surface area contributed by atoms with Gasteiger partial charge < -0.3 is 5.32 Å². The Morgan fingerprint density at radius 3 is 2.67 bits per heavy atom. The van der Waals surface area contributed by atoms with Crippen molar-refractivity contribution in [3.63, 3.8) is 0 Å². The molecule has 2 rings (SSSR count). The zero-order valence-corrected chi connectivity index (χ0v) is 9.94. The third kappa shape index (κ3) is 2.57. The van der Waals surface area contributed by atoms with Crippen LogP contribution in [0.4, 0.5) is 11.4 Å². The van der Waals surface area contributed by atoms with E-state index in [1.807, 2.05) is 12.1 Å². The molecule has 0 spiro atoms. The molecular formula is C13H7ClN4. The second-order valence-corrected chi connectivity index (χ2v) is 3.88. The van der Waals surface area contributed by atoms with Crippen molar-refractivity contribution >= 4 is 23.0 Å². The number of rotatable bonds is 2. The van der Waals surface area contributed by atoms with Crippen LogP contribution in [0.3, 0.4) is 0 Å². The highest BCUT2D eigenvalue weighted by atomic mass is 35.5. The summed E-state index contributed by atoms with van der Waals surface area (Å²) in [5.74, 6) is 0. The van der Waals surface area contributed by atoms with Crippen molar-refractivity contribution in [1.82, 2.24) is 4.98 Å². The second kappa shape index (κ2) is 5.18. The van der Waals surface area contributed by atoms with Crippen LogP contribution < -0.4 is 5.32 Å². The van der Waals surface area contributed by atoms with Gasteiger partial charge in [0.1, 0.15) is 11.8 Å². The van der Waals surface area contributed by atoms with Gasteiger partial charge in [0.2, 0.25) is 0 Å². The number of pyridine rings is 1. The Kier molecular flexibility index (Phi) is 3.43. The van der Waals surface area contributed by atoms with Gasteiger partial charge in [-0.15, -0.1) is 0 Å². The summed E-state index contributed by atoms with van der Waals surface area (Å²) in [5, 5.41) is 21.1. The molecule has 2 aromatic rings. The number of hydrogen-bond donors (Lipinski definition) is 1. The Bertz CT molecular complexity index is 667. The molecule has 1 N–H and O–H groups in total. The third-order valence-electron chi connectivity index (χ3n) is 2.25. The number of aromatic nitrogens is 1. The van der Waals surface area contributed by atoms with Crippen LogP contribution >= 0.6 is 11.6 Å². The van der Waals surface area contributed by atoms with Gasteiger partial charge in [-0.05, 0) is 30.3 Å². The van der Waals surface area contributed by atoms with E-state index >= 15 is 0 Å². The van der Waals surface area contributed by atoms with E-state index in [0.29, 0.717) is 27.7 Å². The van der Waals surface area contributed by atoms with Crippen molar-refractivity contribution in [2.45, 2.75) is 0 Å². The molecule has 0 fully saturated rings. The molecule has 18 heavy (non-hydrogen) atoms. The molecule has 0 radical (unpaired) electrons. The summed E-state index contributed by atoms with van der Waals surface area (Å²) in [5.41, 5.74) is 2.13. The second-order valence-electron chi connectivity index (χ2n) is 3.47. The lowest BCUT2D eigenvalue weighted by molar-refractivity contribution is 1.26. The number of hydrogen-bond acceptors (Lipinski definition) is 4. The predicted octanol–water partition coefficient (Wildman–Crippen LogP) is 3.22. The molecule has 0 aliphatic carbocycles. The zero-order chi connectivity index (χ0) is 13.0. The molecule has 0 unspecified atom stereocenters. The molecule has 0 saturated carbocycles. The molecule has 5 heteroatoms. The number of nitriles is 2. The molecule has 0 aliphatic rings. The van der Waals surface area contributed by atoms with Crippen LogP contribution in [0.25, 0.3) is 0 Å². The highest BCUT2D eigenvalue weighted by Gasteiger charge is 2.03. The largest absolute Gasteiger partial charge is 0.354 e. The summed E-state index contributed by atoms with van der Waals surface area (Å²) in [7, 11) is 0. The van der Waals surface area contributed by atoms with Gasteiger partial charge in [-0.2, -0.15) is 10.5 Å². The molecule has 0 bridgehead atoms. The molecule has 4 nitrogen and oxygen atoms in total. The summed E-state index contributed by atoms with van der Waals surface area (Å²) in [6.45, 7) is 0. The van der Waals surface area contributed by atoms with E-state index in [0.717, 1.165) is 0 Å². The third-order valence-corrected chi connectivity index (χ3v) is 2.58. The summed E-state index contributed by atoms with van der Waals surface area (Å²) in [4.78, 5) is 3.87. The van der Waals surface area contributed by atoms with E-state index < -0.39 is 0 Å². The molecule has 0 amide bonds. The fourth-order valence-corrected chi connectivity index (χ4v) is 1.58. The molecule has 1 heterocycles. The van der Waals surface area contributed by atoms with Gasteiger partial charge in [-0.3, -0.25) is 0 Å². The van der Waals surface area contributed by atoms with Crippen LogP contribution in [0, 0.1) is 22.7 Å². The van der Waals surface area contributed by atoms with Crippen molar-refractivity contribution < 1.29 is 0 Å². The number of nitrogens with one attached hydrogen (secondary N) is 1. The van der Waals surface area contributed by atoms with Crippen molar-refractivity contribution in [3.8, 4) is 12.1 Å². The van der Waals surface area contributed by atoms with E-state index in [2.05, 4.69) is 10.3 Å². The SMILES string of the molecule is N#Cc1ccc(Cl)c(Nc2ccnc(C#N)c2)c1. The number of halogens is 1. The number of benzene rings is 1. The van der Waals surface area contributed by atoms with Gasteiger partial charge in [-0.25, -0.2) is 4.98 Å². The van der Waals surface area contributed by atoms with Crippen molar-refractivity contribution in [2.75, 3.05) is 5.32 Å².